The minimum Gasteiger partial charge on any atom is -0.493 e. The highest BCUT2D eigenvalue weighted by Crippen LogP contribution is 2.37. The van der Waals surface area contributed by atoms with Crippen molar-refractivity contribution in [3.05, 3.63) is 57.8 Å². The second-order valence-electron chi connectivity index (χ2n) is 5.71. The van der Waals surface area contributed by atoms with Gasteiger partial charge in [0.1, 0.15) is 12.4 Å². The average molecular weight is 396 g/mol. The molecule has 2 aromatic carbocycles. The van der Waals surface area contributed by atoms with E-state index in [1.165, 1.54) is 12.1 Å². The quantitative estimate of drug-likeness (QED) is 0.676. The maximum atomic E-state index is 13.0. The van der Waals surface area contributed by atoms with E-state index in [0.717, 1.165) is 28.6 Å². The molecule has 0 fully saturated rings. The van der Waals surface area contributed by atoms with Gasteiger partial charge in [-0.15, -0.1) is 0 Å². The van der Waals surface area contributed by atoms with Crippen LogP contribution in [0, 0.1) is 5.82 Å². The third-order valence-electron chi connectivity index (χ3n) is 3.85. The van der Waals surface area contributed by atoms with Crippen molar-refractivity contribution in [2.75, 3.05) is 7.11 Å². The summed E-state index contributed by atoms with van der Waals surface area (Å²) in [7, 11) is 1.62. The summed E-state index contributed by atoms with van der Waals surface area (Å²) in [5.74, 6) is 1.07. The van der Waals surface area contributed by atoms with E-state index in [2.05, 4.69) is 35.1 Å². The van der Waals surface area contributed by atoms with Crippen LogP contribution in [-0.4, -0.2) is 13.2 Å². The summed E-state index contributed by atoms with van der Waals surface area (Å²) in [6.07, 6.45) is 1.08. The van der Waals surface area contributed by atoms with Gasteiger partial charge in [-0.05, 0) is 64.7 Å². The summed E-state index contributed by atoms with van der Waals surface area (Å²) >= 11 is 3.56. The Kier molecular flexibility index (Phi) is 7.06. The molecule has 0 bridgehead atoms. The van der Waals surface area contributed by atoms with E-state index in [9.17, 15) is 4.39 Å². The van der Waals surface area contributed by atoms with Crippen LogP contribution in [0.1, 0.15) is 31.4 Å². The smallest absolute Gasteiger partial charge is 0.175 e. The highest BCUT2D eigenvalue weighted by Gasteiger charge is 2.12. The van der Waals surface area contributed by atoms with Crippen LogP contribution >= 0.6 is 15.9 Å². The molecule has 0 saturated heterocycles. The van der Waals surface area contributed by atoms with E-state index in [1.807, 2.05) is 12.1 Å². The van der Waals surface area contributed by atoms with Crippen molar-refractivity contribution in [2.24, 2.45) is 0 Å². The van der Waals surface area contributed by atoms with E-state index < -0.39 is 0 Å². The van der Waals surface area contributed by atoms with Gasteiger partial charge in [0.15, 0.2) is 11.5 Å². The molecule has 2 aromatic rings. The van der Waals surface area contributed by atoms with Gasteiger partial charge in [0.05, 0.1) is 11.6 Å². The summed E-state index contributed by atoms with van der Waals surface area (Å²) in [6.45, 7) is 5.43. The number of methoxy groups -OCH3 is 1. The fourth-order valence-corrected chi connectivity index (χ4v) is 2.79. The van der Waals surface area contributed by atoms with Gasteiger partial charge in [-0.25, -0.2) is 4.39 Å². The number of ether oxygens (including phenoxy) is 2. The Hall–Kier alpha value is -1.59. The van der Waals surface area contributed by atoms with E-state index in [0.29, 0.717) is 24.1 Å². The molecule has 2 rings (SSSR count). The average Bonchev–Trinajstić information content (AvgIpc) is 2.59. The fraction of sp³-hybridized carbons (Fsp3) is 0.368. The molecule has 130 valence electrons. The lowest BCUT2D eigenvalue weighted by molar-refractivity contribution is 0.282. The summed E-state index contributed by atoms with van der Waals surface area (Å²) in [5.41, 5.74) is 2.01. The van der Waals surface area contributed by atoms with Crippen LogP contribution in [0.2, 0.25) is 0 Å². The van der Waals surface area contributed by atoms with Crippen molar-refractivity contribution >= 4 is 15.9 Å². The van der Waals surface area contributed by atoms with E-state index in [1.54, 1.807) is 19.2 Å². The number of halogens is 2. The summed E-state index contributed by atoms with van der Waals surface area (Å²) in [5, 5.41) is 3.46. The van der Waals surface area contributed by atoms with Crippen LogP contribution in [0.3, 0.4) is 0 Å². The summed E-state index contributed by atoms with van der Waals surface area (Å²) in [4.78, 5) is 0. The van der Waals surface area contributed by atoms with Crippen LogP contribution < -0.4 is 14.8 Å². The van der Waals surface area contributed by atoms with Crippen molar-refractivity contribution in [2.45, 2.75) is 39.5 Å². The third kappa shape index (κ3) is 5.21. The van der Waals surface area contributed by atoms with E-state index in [-0.39, 0.29) is 5.82 Å². The third-order valence-corrected chi connectivity index (χ3v) is 4.44. The Morgan fingerprint density at radius 3 is 2.50 bits per heavy atom. The van der Waals surface area contributed by atoms with E-state index in [4.69, 9.17) is 9.47 Å². The molecule has 0 unspecified atom stereocenters. The highest BCUT2D eigenvalue weighted by atomic mass is 79.9. The molecule has 0 amide bonds. The van der Waals surface area contributed by atoms with Gasteiger partial charge in [0.25, 0.3) is 0 Å². The minimum atomic E-state index is -0.254. The number of benzene rings is 2. The largest absolute Gasteiger partial charge is 0.493 e. The van der Waals surface area contributed by atoms with Crippen LogP contribution in [-0.2, 0) is 13.2 Å². The van der Waals surface area contributed by atoms with Crippen LogP contribution in [0.4, 0.5) is 4.39 Å². The molecule has 0 aliphatic rings. The molecule has 3 nitrogen and oxygen atoms in total. The molecule has 0 aromatic heterocycles. The first-order valence-corrected chi connectivity index (χ1v) is 8.79. The first-order chi connectivity index (χ1) is 11.5. The number of nitrogens with one attached hydrogen (secondary N) is 1. The van der Waals surface area contributed by atoms with Crippen LogP contribution in [0.15, 0.2) is 40.9 Å². The predicted octanol–water partition coefficient (Wildman–Crippen LogP) is 5.06. The van der Waals surface area contributed by atoms with Crippen LogP contribution in [0.25, 0.3) is 0 Å². The molecule has 1 atom stereocenters. The molecular weight excluding hydrogens is 373 g/mol. The summed E-state index contributed by atoms with van der Waals surface area (Å²) in [6, 6.07) is 10.7. The van der Waals surface area contributed by atoms with Crippen molar-refractivity contribution < 1.29 is 13.9 Å². The lowest BCUT2D eigenvalue weighted by atomic mass is 10.1. The van der Waals surface area contributed by atoms with Crippen molar-refractivity contribution in [1.29, 1.82) is 0 Å². The van der Waals surface area contributed by atoms with Gasteiger partial charge in [-0.2, -0.15) is 0 Å². The lowest BCUT2D eigenvalue weighted by Gasteiger charge is -2.16. The van der Waals surface area contributed by atoms with Crippen molar-refractivity contribution in [1.82, 2.24) is 5.32 Å². The molecule has 0 radical (unpaired) electrons. The fourth-order valence-electron chi connectivity index (χ4n) is 2.19. The molecule has 0 aliphatic heterocycles. The zero-order valence-corrected chi connectivity index (χ0v) is 15.8. The molecule has 0 spiro atoms. The molecule has 0 saturated carbocycles. The van der Waals surface area contributed by atoms with Gasteiger partial charge < -0.3 is 14.8 Å². The zero-order valence-electron chi connectivity index (χ0n) is 14.2. The molecule has 5 heteroatoms. The number of hydrogen-bond acceptors (Lipinski definition) is 3. The maximum absolute atomic E-state index is 13.0. The van der Waals surface area contributed by atoms with Crippen molar-refractivity contribution in [3.63, 3.8) is 0 Å². The zero-order chi connectivity index (χ0) is 17.5. The van der Waals surface area contributed by atoms with Gasteiger partial charge in [-0.3, -0.25) is 0 Å². The Balaban J connectivity index is 2.10. The Morgan fingerprint density at radius 2 is 1.88 bits per heavy atom. The molecule has 0 heterocycles. The Morgan fingerprint density at radius 1 is 1.17 bits per heavy atom. The minimum absolute atomic E-state index is 0.254. The first kappa shape index (κ1) is 18.7. The molecule has 0 aliphatic carbocycles. The maximum Gasteiger partial charge on any atom is 0.175 e. The van der Waals surface area contributed by atoms with Gasteiger partial charge >= 0.3 is 0 Å². The van der Waals surface area contributed by atoms with Crippen molar-refractivity contribution in [3.8, 4) is 11.5 Å². The highest BCUT2D eigenvalue weighted by molar-refractivity contribution is 9.10. The Labute approximate surface area is 151 Å². The van der Waals surface area contributed by atoms with Gasteiger partial charge in [-0.1, -0.05) is 19.1 Å². The predicted molar refractivity (Wildman–Crippen MR) is 98.0 cm³/mol. The monoisotopic (exact) mass is 395 g/mol. The van der Waals surface area contributed by atoms with Crippen LogP contribution in [0.5, 0.6) is 11.5 Å². The molecule has 1 N–H and O–H groups in total. The standard InChI is InChI=1S/C19H23BrFNO2/c1-4-13(2)22-11-15-9-17(20)19(18(10-15)23-3)24-12-14-5-7-16(21)8-6-14/h5-10,13,22H,4,11-12H2,1-3H3/t13-/m1/s1. The molecular formula is C19H23BrFNO2. The Bertz CT molecular complexity index is 661. The normalized spacial score (nSPS) is 12.0. The lowest BCUT2D eigenvalue weighted by Crippen LogP contribution is -2.24. The van der Waals surface area contributed by atoms with E-state index >= 15 is 0 Å². The second kappa shape index (κ2) is 9.04. The first-order valence-electron chi connectivity index (χ1n) is 8.00. The second-order valence-corrected chi connectivity index (χ2v) is 6.57. The summed E-state index contributed by atoms with van der Waals surface area (Å²) < 4.78 is 25.1. The topological polar surface area (TPSA) is 30.5 Å². The molecule has 24 heavy (non-hydrogen) atoms. The SMILES string of the molecule is CC[C@@H](C)NCc1cc(Br)c(OCc2ccc(F)cc2)c(OC)c1. The number of rotatable bonds is 8. The van der Waals surface area contributed by atoms with Gasteiger partial charge in [0, 0.05) is 12.6 Å². The van der Waals surface area contributed by atoms with Gasteiger partial charge in [0.2, 0.25) is 0 Å². The number of hydrogen-bond donors (Lipinski definition) is 1.